The van der Waals surface area contributed by atoms with Gasteiger partial charge < -0.3 is 10.2 Å². The van der Waals surface area contributed by atoms with E-state index in [9.17, 15) is 18.0 Å². The maximum atomic E-state index is 12.6. The van der Waals surface area contributed by atoms with E-state index in [1.807, 2.05) is 11.8 Å². The fourth-order valence-electron chi connectivity index (χ4n) is 3.89. The second-order valence-corrected chi connectivity index (χ2v) is 9.47. The Bertz CT molecular complexity index is 782. The highest BCUT2D eigenvalue weighted by atomic mass is 32.2. The van der Waals surface area contributed by atoms with E-state index in [2.05, 4.69) is 5.32 Å². The molecular weight excluding hydrogens is 352 g/mol. The zero-order chi connectivity index (χ0) is 18.9. The molecule has 1 saturated heterocycles. The van der Waals surface area contributed by atoms with E-state index in [1.165, 1.54) is 6.26 Å². The number of amides is 2. The van der Waals surface area contributed by atoms with Crippen LogP contribution in [0.1, 0.15) is 50.6 Å². The number of hydrogen-bond donors (Lipinski definition) is 1. The molecular formula is C19H26N2O4S. The molecule has 1 N–H and O–H groups in total. The van der Waals surface area contributed by atoms with Crippen molar-refractivity contribution in [3.05, 3.63) is 29.8 Å². The SMILES string of the molecule is CC(NC(=O)C1CC(=O)N(C2CCCC2)C1)c1ccc(S(C)(=O)=O)cc1. The van der Waals surface area contributed by atoms with Crippen molar-refractivity contribution in [1.29, 1.82) is 0 Å². The summed E-state index contributed by atoms with van der Waals surface area (Å²) in [4.78, 5) is 27.0. The lowest BCUT2D eigenvalue weighted by Gasteiger charge is -2.24. The monoisotopic (exact) mass is 378 g/mol. The maximum absolute atomic E-state index is 12.6. The molecule has 2 fully saturated rings. The number of carbonyl (C=O) groups excluding carboxylic acids is 2. The van der Waals surface area contributed by atoms with E-state index < -0.39 is 9.84 Å². The lowest BCUT2D eigenvalue weighted by Crippen LogP contribution is -2.37. The molecule has 142 valence electrons. The van der Waals surface area contributed by atoms with Crippen LogP contribution in [0.15, 0.2) is 29.2 Å². The van der Waals surface area contributed by atoms with Crippen LogP contribution in [-0.2, 0) is 19.4 Å². The van der Waals surface area contributed by atoms with Gasteiger partial charge in [0.25, 0.3) is 0 Å². The number of benzene rings is 1. The molecule has 0 aromatic heterocycles. The van der Waals surface area contributed by atoms with Crippen molar-refractivity contribution in [2.45, 2.75) is 56.0 Å². The van der Waals surface area contributed by atoms with E-state index in [1.54, 1.807) is 24.3 Å². The van der Waals surface area contributed by atoms with Crippen LogP contribution in [0.2, 0.25) is 0 Å². The van der Waals surface area contributed by atoms with E-state index in [4.69, 9.17) is 0 Å². The first-order chi connectivity index (χ1) is 12.3. The van der Waals surface area contributed by atoms with Gasteiger partial charge in [-0.3, -0.25) is 9.59 Å². The summed E-state index contributed by atoms with van der Waals surface area (Å²) in [7, 11) is -3.23. The third-order valence-electron chi connectivity index (χ3n) is 5.46. The molecule has 1 aromatic rings. The third-order valence-corrected chi connectivity index (χ3v) is 6.59. The van der Waals surface area contributed by atoms with Crippen LogP contribution in [0, 0.1) is 5.92 Å². The highest BCUT2D eigenvalue weighted by Crippen LogP contribution is 2.30. The van der Waals surface area contributed by atoms with Crippen LogP contribution in [0.3, 0.4) is 0 Å². The second-order valence-electron chi connectivity index (χ2n) is 7.46. The van der Waals surface area contributed by atoms with Gasteiger partial charge >= 0.3 is 0 Å². The molecule has 0 spiro atoms. The van der Waals surface area contributed by atoms with Gasteiger partial charge in [-0.15, -0.1) is 0 Å². The van der Waals surface area contributed by atoms with Crippen molar-refractivity contribution in [2.24, 2.45) is 5.92 Å². The number of nitrogens with one attached hydrogen (secondary N) is 1. The summed E-state index contributed by atoms with van der Waals surface area (Å²) < 4.78 is 23.1. The summed E-state index contributed by atoms with van der Waals surface area (Å²) in [6.45, 7) is 2.37. The van der Waals surface area contributed by atoms with Crippen LogP contribution < -0.4 is 5.32 Å². The first-order valence-electron chi connectivity index (χ1n) is 9.15. The van der Waals surface area contributed by atoms with Gasteiger partial charge in [-0.1, -0.05) is 25.0 Å². The molecule has 0 radical (unpaired) electrons. The minimum Gasteiger partial charge on any atom is -0.349 e. The predicted octanol–water partition coefficient (Wildman–Crippen LogP) is 2.06. The fourth-order valence-corrected chi connectivity index (χ4v) is 4.52. The molecule has 1 saturated carbocycles. The summed E-state index contributed by atoms with van der Waals surface area (Å²) in [6.07, 6.45) is 5.85. The van der Waals surface area contributed by atoms with Gasteiger partial charge in [-0.05, 0) is 37.5 Å². The lowest BCUT2D eigenvalue weighted by atomic mass is 10.0. The Hall–Kier alpha value is -1.89. The first kappa shape index (κ1) is 18.9. The topological polar surface area (TPSA) is 83.6 Å². The van der Waals surface area contributed by atoms with Crippen molar-refractivity contribution in [3.8, 4) is 0 Å². The number of likely N-dealkylation sites (tertiary alicyclic amines) is 1. The van der Waals surface area contributed by atoms with Crippen molar-refractivity contribution in [1.82, 2.24) is 10.2 Å². The lowest BCUT2D eigenvalue weighted by molar-refractivity contribution is -0.130. The molecule has 2 atom stereocenters. The summed E-state index contributed by atoms with van der Waals surface area (Å²) in [5.41, 5.74) is 0.836. The van der Waals surface area contributed by atoms with Crippen molar-refractivity contribution < 1.29 is 18.0 Å². The van der Waals surface area contributed by atoms with E-state index in [0.717, 1.165) is 31.2 Å². The third kappa shape index (κ3) is 4.09. The standard InChI is InChI=1S/C19H26N2O4S/c1-13(14-7-9-17(10-8-14)26(2,24)25)20-19(23)15-11-18(22)21(12-15)16-5-3-4-6-16/h7-10,13,15-16H,3-6,11-12H2,1-2H3,(H,20,23). The minimum absolute atomic E-state index is 0.0854. The van der Waals surface area contributed by atoms with Crippen molar-refractivity contribution in [3.63, 3.8) is 0 Å². The number of sulfone groups is 1. The number of nitrogens with zero attached hydrogens (tertiary/aromatic N) is 1. The molecule has 1 aromatic carbocycles. The molecule has 1 aliphatic carbocycles. The summed E-state index contributed by atoms with van der Waals surface area (Å²) in [5.74, 6) is -0.332. The average molecular weight is 378 g/mol. The van der Waals surface area contributed by atoms with Crippen molar-refractivity contribution in [2.75, 3.05) is 12.8 Å². The zero-order valence-corrected chi connectivity index (χ0v) is 16.1. The van der Waals surface area contributed by atoms with Gasteiger partial charge in [0.05, 0.1) is 16.9 Å². The summed E-state index contributed by atoms with van der Waals surface area (Å²) in [5, 5.41) is 2.96. The van der Waals surface area contributed by atoms with E-state index >= 15 is 0 Å². The Labute approximate surface area is 154 Å². The number of rotatable bonds is 5. The fraction of sp³-hybridized carbons (Fsp3) is 0.579. The minimum atomic E-state index is -3.23. The normalized spacial score (nSPS) is 22.6. The molecule has 1 heterocycles. The highest BCUT2D eigenvalue weighted by molar-refractivity contribution is 7.90. The molecule has 2 aliphatic rings. The molecule has 26 heavy (non-hydrogen) atoms. The largest absolute Gasteiger partial charge is 0.349 e. The smallest absolute Gasteiger partial charge is 0.225 e. The van der Waals surface area contributed by atoms with Gasteiger partial charge in [0.15, 0.2) is 9.84 Å². The van der Waals surface area contributed by atoms with Crippen LogP contribution in [0.5, 0.6) is 0 Å². The van der Waals surface area contributed by atoms with E-state index in [0.29, 0.717) is 12.6 Å². The zero-order valence-electron chi connectivity index (χ0n) is 15.3. The van der Waals surface area contributed by atoms with Crippen molar-refractivity contribution >= 4 is 21.7 Å². The van der Waals surface area contributed by atoms with Gasteiger partial charge in [0.2, 0.25) is 11.8 Å². The Morgan fingerprint density at radius 1 is 1.19 bits per heavy atom. The highest BCUT2D eigenvalue weighted by Gasteiger charge is 2.38. The first-order valence-corrected chi connectivity index (χ1v) is 11.0. The number of carbonyl (C=O) groups is 2. The van der Waals surface area contributed by atoms with Crippen LogP contribution in [0.25, 0.3) is 0 Å². The molecule has 0 bridgehead atoms. The molecule has 2 amide bonds. The Kier molecular flexibility index (Phi) is 5.37. The molecule has 7 heteroatoms. The molecule has 6 nitrogen and oxygen atoms in total. The van der Waals surface area contributed by atoms with Gasteiger partial charge in [-0.25, -0.2) is 8.42 Å². The Morgan fingerprint density at radius 2 is 1.81 bits per heavy atom. The second kappa shape index (κ2) is 7.39. The number of hydrogen-bond acceptors (Lipinski definition) is 4. The predicted molar refractivity (Wildman–Crippen MR) is 98.2 cm³/mol. The summed E-state index contributed by atoms with van der Waals surface area (Å²) >= 11 is 0. The van der Waals surface area contributed by atoms with Crippen LogP contribution in [-0.4, -0.2) is 44.0 Å². The molecule has 3 rings (SSSR count). The maximum Gasteiger partial charge on any atom is 0.225 e. The average Bonchev–Trinajstić information content (AvgIpc) is 3.23. The Morgan fingerprint density at radius 3 is 2.38 bits per heavy atom. The molecule has 2 unspecified atom stereocenters. The van der Waals surface area contributed by atoms with Gasteiger partial charge in [0.1, 0.15) is 0 Å². The quantitative estimate of drug-likeness (QED) is 0.850. The van der Waals surface area contributed by atoms with Gasteiger partial charge in [-0.2, -0.15) is 0 Å². The van der Waals surface area contributed by atoms with Gasteiger partial charge in [0, 0.05) is 25.3 Å². The summed E-state index contributed by atoms with van der Waals surface area (Å²) in [6, 6.07) is 6.59. The Balaban J connectivity index is 1.60. The molecule has 1 aliphatic heterocycles. The van der Waals surface area contributed by atoms with Crippen LogP contribution in [0.4, 0.5) is 0 Å². The van der Waals surface area contributed by atoms with Crippen LogP contribution >= 0.6 is 0 Å². The van der Waals surface area contributed by atoms with E-state index in [-0.39, 0.29) is 35.1 Å².